The van der Waals surface area contributed by atoms with E-state index < -0.39 is 0 Å². The molecule has 0 radical (unpaired) electrons. The van der Waals surface area contributed by atoms with Gasteiger partial charge in [0.05, 0.1) is 13.2 Å². The maximum atomic E-state index is 12.0. The molecule has 0 saturated heterocycles. The Morgan fingerprint density at radius 2 is 1.81 bits per heavy atom. The number of nitrogens with one attached hydrogen (secondary N) is 2. The fourth-order valence-electron chi connectivity index (χ4n) is 2.79. The molecule has 0 aliphatic rings. The second-order valence-corrected chi connectivity index (χ2v) is 6.39. The topological polar surface area (TPSA) is 72.4 Å². The zero-order valence-electron chi connectivity index (χ0n) is 16.3. The molecule has 144 valence electrons. The number of amides is 2. The molecule has 27 heavy (non-hydrogen) atoms. The summed E-state index contributed by atoms with van der Waals surface area (Å²) in [5.41, 5.74) is 5.41. The Bertz CT molecular complexity index is 820. The van der Waals surface area contributed by atoms with Gasteiger partial charge in [-0.05, 0) is 50.6 Å². The van der Waals surface area contributed by atoms with Crippen molar-refractivity contribution >= 4 is 17.9 Å². The minimum absolute atomic E-state index is 0.0602. The number of rotatable bonds is 8. The molecule has 1 heterocycles. The van der Waals surface area contributed by atoms with Crippen molar-refractivity contribution in [2.24, 2.45) is 0 Å². The average molecular weight is 369 g/mol. The number of hydrogen-bond donors (Lipinski definition) is 2. The molecule has 6 nitrogen and oxygen atoms in total. The molecular formula is C21H27N3O3. The summed E-state index contributed by atoms with van der Waals surface area (Å²) in [6.45, 7) is 6.92. The maximum Gasteiger partial charge on any atom is 0.244 e. The average Bonchev–Trinajstić information content (AvgIpc) is 2.93. The minimum atomic E-state index is -0.308. The summed E-state index contributed by atoms with van der Waals surface area (Å²) in [6.07, 6.45) is 3.22. The lowest BCUT2D eigenvalue weighted by atomic mass is 10.2. The van der Waals surface area contributed by atoms with Gasteiger partial charge in [0.25, 0.3) is 0 Å². The molecule has 0 aliphatic carbocycles. The van der Waals surface area contributed by atoms with E-state index in [2.05, 4.69) is 46.4 Å². The number of ether oxygens (including phenoxy) is 1. The SMILES string of the molecule is COCCNC(=O)CNC(=O)/C=C/c1cc(C)n(-c2ccc(C)cc2)c1C. The van der Waals surface area contributed by atoms with E-state index in [0.717, 1.165) is 22.6 Å². The van der Waals surface area contributed by atoms with E-state index >= 15 is 0 Å². The summed E-state index contributed by atoms with van der Waals surface area (Å²) in [5.74, 6) is -0.552. The Morgan fingerprint density at radius 1 is 1.11 bits per heavy atom. The van der Waals surface area contributed by atoms with Crippen molar-refractivity contribution in [3.8, 4) is 5.69 Å². The van der Waals surface area contributed by atoms with Crippen LogP contribution in [0.2, 0.25) is 0 Å². The smallest absolute Gasteiger partial charge is 0.244 e. The lowest BCUT2D eigenvalue weighted by Crippen LogP contribution is -2.37. The van der Waals surface area contributed by atoms with E-state index in [0.29, 0.717) is 13.2 Å². The Labute approximate surface area is 160 Å². The van der Waals surface area contributed by atoms with Gasteiger partial charge in [-0.15, -0.1) is 0 Å². The predicted octanol–water partition coefficient (Wildman–Crippen LogP) is 2.29. The molecule has 0 atom stereocenters. The Hall–Kier alpha value is -2.86. The summed E-state index contributed by atoms with van der Waals surface area (Å²) in [4.78, 5) is 23.5. The number of hydrogen-bond acceptors (Lipinski definition) is 3. The lowest BCUT2D eigenvalue weighted by Gasteiger charge is -2.09. The third kappa shape index (κ3) is 5.82. The fourth-order valence-corrected chi connectivity index (χ4v) is 2.79. The molecular weight excluding hydrogens is 342 g/mol. The number of benzene rings is 1. The van der Waals surface area contributed by atoms with E-state index in [9.17, 15) is 9.59 Å². The van der Waals surface area contributed by atoms with Gasteiger partial charge in [0.1, 0.15) is 0 Å². The quantitative estimate of drug-likeness (QED) is 0.554. The molecule has 0 saturated carbocycles. The Kier molecular flexibility index (Phi) is 7.37. The van der Waals surface area contributed by atoms with Crippen LogP contribution in [0.4, 0.5) is 0 Å². The molecule has 0 aliphatic heterocycles. The van der Waals surface area contributed by atoms with Gasteiger partial charge in [-0.25, -0.2) is 0 Å². The molecule has 2 N–H and O–H groups in total. The Morgan fingerprint density at radius 3 is 2.48 bits per heavy atom. The highest BCUT2D eigenvalue weighted by Crippen LogP contribution is 2.22. The van der Waals surface area contributed by atoms with Gasteiger partial charge >= 0.3 is 0 Å². The van der Waals surface area contributed by atoms with E-state index in [4.69, 9.17) is 4.74 Å². The van der Waals surface area contributed by atoms with Crippen molar-refractivity contribution in [3.63, 3.8) is 0 Å². The standard InChI is InChI=1S/C21H27N3O3/c1-15-5-8-19(9-6-15)24-16(2)13-18(17(24)3)7-10-20(25)23-14-21(26)22-11-12-27-4/h5-10,13H,11-12,14H2,1-4H3,(H,22,26)(H,23,25)/b10-7+. The second kappa shape index (κ2) is 9.73. The molecule has 0 bridgehead atoms. The van der Waals surface area contributed by atoms with Crippen molar-refractivity contribution in [2.45, 2.75) is 20.8 Å². The monoisotopic (exact) mass is 369 g/mol. The molecule has 1 aromatic carbocycles. The highest BCUT2D eigenvalue weighted by atomic mass is 16.5. The van der Waals surface area contributed by atoms with Crippen LogP contribution in [0, 0.1) is 20.8 Å². The first kappa shape index (κ1) is 20.5. The van der Waals surface area contributed by atoms with Crippen molar-refractivity contribution in [3.05, 3.63) is 58.9 Å². The first-order valence-electron chi connectivity index (χ1n) is 8.90. The summed E-state index contributed by atoms with van der Waals surface area (Å²) in [7, 11) is 1.56. The van der Waals surface area contributed by atoms with Crippen LogP contribution in [0.1, 0.15) is 22.5 Å². The maximum absolute atomic E-state index is 12.0. The number of aryl methyl sites for hydroxylation is 2. The fraction of sp³-hybridized carbons (Fsp3) is 0.333. The van der Waals surface area contributed by atoms with Crippen LogP contribution in [-0.2, 0) is 14.3 Å². The number of nitrogens with zero attached hydrogens (tertiary/aromatic N) is 1. The van der Waals surface area contributed by atoms with Gasteiger partial charge in [0.15, 0.2) is 0 Å². The van der Waals surface area contributed by atoms with Crippen LogP contribution in [-0.4, -0.2) is 43.2 Å². The van der Waals surface area contributed by atoms with Gasteiger partial charge in [0, 0.05) is 36.8 Å². The zero-order valence-corrected chi connectivity index (χ0v) is 16.3. The predicted molar refractivity (Wildman–Crippen MR) is 107 cm³/mol. The van der Waals surface area contributed by atoms with Gasteiger partial charge in [-0.2, -0.15) is 0 Å². The highest BCUT2D eigenvalue weighted by Gasteiger charge is 2.09. The molecule has 6 heteroatoms. The van der Waals surface area contributed by atoms with Crippen molar-refractivity contribution < 1.29 is 14.3 Å². The van der Waals surface area contributed by atoms with Crippen LogP contribution >= 0.6 is 0 Å². The highest BCUT2D eigenvalue weighted by molar-refractivity contribution is 5.94. The van der Waals surface area contributed by atoms with Crippen LogP contribution in [0.3, 0.4) is 0 Å². The molecule has 0 unspecified atom stereocenters. The number of carbonyl (C=O) groups excluding carboxylic acids is 2. The van der Waals surface area contributed by atoms with E-state index in [1.807, 2.05) is 19.9 Å². The van der Waals surface area contributed by atoms with Gasteiger partial charge in [-0.3, -0.25) is 9.59 Å². The van der Waals surface area contributed by atoms with Crippen LogP contribution in [0.5, 0.6) is 0 Å². The van der Waals surface area contributed by atoms with Crippen LogP contribution < -0.4 is 10.6 Å². The van der Waals surface area contributed by atoms with Crippen molar-refractivity contribution in [1.82, 2.24) is 15.2 Å². The summed E-state index contributed by atoms with van der Waals surface area (Å²) < 4.78 is 7.00. The van der Waals surface area contributed by atoms with E-state index in [1.165, 1.54) is 11.6 Å². The number of aromatic nitrogens is 1. The molecule has 0 spiro atoms. The molecule has 1 aromatic heterocycles. The molecule has 2 aromatic rings. The zero-order chi connectivity index (χ0) is 19.8. The third-order valence-electron chi connectivity index (χ3n) is 4.23. The summed E-state index contributed by atoms with van der Waals surface area (Å²) in [5, 5.41) is 5.22. The van der Waals surface area contributed by atoms with Crippen molar-refractivity contribution in [1.29, 1.82) is 0 Å². The largest absolute Gasteiger partial charge is 0.383 e. The number of carbonyl (C=O) groups is 2. The van der Waals surface area contributed by atoms with Crippen LogP contribution in [0.25, 0.3) is 11.8 Å². The summed E-state index contributed by atoms with van der Waals surface area (Å²) in [6, 6.07) is 10.4. The second-order valence-electron chi connectivity index (χ2n) is 6.39. The minimum Gasteiger partial charge on any atom is -0.383 e. The van der Waals surface area contributed by atoms with Gasteiger partial charge in [0.2, 0.25) is 11.8 Å². The van der Waals surface area contributed by atoms with Gasteiger partial charge in [-0.1, -0.05) is 17.7 Å². The first-order chi connectivity index (χ1) is 12.9. The third-order valence-corrected chi connectivity index (χ3v) is 4.23. The van der Waals surface area contributed by atoms with Crippen molar-refractivity contribution in [2.75, 3.05) is 26.8 Å². The number of methoxy groups -OCH3 is 1. The van der Waals surface area contributed by atoms with Gasteiger partial charge < -0.3 is 19.9 Å². The summed E-state index contributed by atoms with van der Waals surface area (Å²) >= 11 is 0. The molecule has 2 rings (SSSR count). The normalized spacial score (nSPS) is 11.0. The van der Waals surface area contributed by atoms with E-state index in [-0.39, 0.29) is 18.4 Å². The Balaban J connectivity index is 1.99. The van der Waals surface area contributed by atoms with E-state index in [1.54, 1.807) is 13.2 Å². The molecule has 0 fully saturated rings. The lowest BCUT2D eigenvalue weighted by molar-refractivity contribution is -0.124. The first-order valence-corrected chi connectivity index (χ1v) is 8.90. The van der Waals surface area contributed by atoms with Crippen LogP contribution in [0.15, 0.2) is 36.4 Å². The molecule has 2 amide bonds.